The first kappa shape index (κ1) is 12.0. The highest BCUT2D eigenvalue weighted by atomic mass is 16.5. The highest BCUT2D eigenvalue weighted by Crippen LogP contribution is 2.39. The maximum Gasteiger partial charge on any atom is 0.122 e. The third-order valence-electron chi connectivity index (χ3n) is 4.53. The van der Waals surface area contributed by atoms with E-state index in [1.807, 2.05) is 0 Å². The lowest BCUT2D eigenvalue weighted by atomic mass is 9.86. The van der Waals surface area contributed by atoms with Crippen molar-refractivity contribution in [3.63, 3.8) is 0 Å². The number of nitrogens with one attached hydrogen (secondary N) is 1. The summed E-state index contributed by atoms with van der Waals surface area (Å²) in [5.74, 6) is 1.58. The lowest BCUT2D eigenvalue weighted by molar-refractivity contribution is 0.309. The molecule has 0 saturated carbocycles. The molecule has 4 rings (SSSR count). The Morgan fingerprint density at radius 2 is 1.80 bits per heavy atom. The predicted molar refractivity (Wildman–Crippen MR) is 80.2 cm³/mol. The summed E-state index contributed by atoms with van der Waals surface area (Å²) in [5, 5.41) is 3.68. The lowest BCUT2D eigenvalue weighted by Crippen LogP contribution is -2.31. The molecule has 2 aromatic rings. The third-order valence-corrected chi connectivity index (χ3v) is 4.53. The van der Waals surface area contributed by atoms with Gasteiger partial charge in [0.1, 0.15) is 5.75 Å². The molecule has 2 unspecified atom stereocenters. The van der Waals surface area contributed by atoms with E-state index in [9.17, 15) is 0 Å². The van der Waals surface area contributed by atoms with Crippen molar-refractivity contribution >= 4 is 0 Å². The van der Waals surface area contributed by atoms with Crippen LogP contribution in [0.3, 0.4) is 0 Å². The fourth-order valence-corrected chi connectivity index (χ4v) is 3.51. The summed E-state index contributed by atoms with van der Waals surface area (Å²) in [6.07, 6.45) is 2.26. The van der Waals surface area contributed by atoms with Gasteiger partial charge in [0.2, 0.25) is 0 Å². The Morgan fingerprint density at radius 3 is 2.75 bits per heavy atom. The van der Waals surface area contributed by atoms with Crippen molar-refractivity contribution < 1.29 is 4.74 Å². The quantitative estimate of drug-likeness (QED) is 0.898. The van der Waals surface area contributed by atoms with Crippen molar-refractivity contribution in [3.8, 4) is 5.75 Å². The Kier molecular flexibility index (Phi) is 2.96. The molecule has 2 aromatic carbocycles. The molecule has 0 aliphatic carbocycles. The summed E-state index contributed by atoms with van der Waals surface area (Å²) in [7, 11) is 0. The molecule has 2 heterocycles. The zero-order valence-electron chi connectivity index (χ0n) is 11.5. The fraction of sp³-hybridized carbons (Fsp3) is 0.333. The average molecular weight is 265 g/mol. The molecule has 1 N–H and O–H groups in total. The second-order valence-corrected chi connectivity index (χ2v) is 5.74. The van der Waals surface area contributed by atoms with Crippen LogP contribution >= 0.6 is 0 Å². The van der Waals surface area contributed by atoms with Crippen molar-refractivity contribution in [2.75, 3.05) is 13.2 Å². The van der Waals surface area contributed by atoms with Gasteiger partial charge < -0.3 is 10.1 Å². The van der Waals surface area contributed by atoms with Crippen LogP contribution < -0.4 is 10.1 Å². The van der Waals surface area contributed by atoms with Gasteiger partial charge >= 0.3 is 0 Å². The molecule has 102 valence electrons. The van der Waals surface area contributed by atoms with Crippen LogP contribution in [0.2, 0.25) is 0 Å². The minimum Gasteiger partial charge on any atom is -0.493 e. The Hall–Kier alpha value is -1.80. The number of rotatable bonds is 2. The second kappa shape index (κ2) is 4.95. The van der Waals surface area contributed by atoms with Gasteiger partial charge in [-0.05, 0) is 36.6 Å². The lowest BCUT2D eigenvalue weighted by Gasteiger charge is -2.28. The first-order valence-electron chi connectivity index (χ1n) is 7.45. The van der Waals surface area contributed by atoms with Crippen LogP contribution in [0.15, 0.2) is 48.5 Å². The third kappa shape index (κ3) is 2.01. The van der Waals surface area contributed by atoms with Crippen LogP contribution in [-0.2, 0) is 6.42 Å². The molecule has 2 aliphatic rings. The van der Waals surface area contributed by atoms with Crippen molar-refractivity contribution in [2.24, 2.45) is 0 Å². The van der Waals surface area contributed by atoms with E-state index >= 15 is 0 Å². The summed E-state index contributed by atoms with van der Waals surface area (Å²) in [4.78, 5) is 0. The van der Waals surface area contributed by atoms with E-state index in [2.05, 4.69) is 53.8 Å². The summed E-state index contributed by atoms with van der Waals surface area (Å²) >= 11 is 0. The first-order valence-corrected chi connectivity index (χ1v) is 7.45. The molecule has 0 radical (unpaired) electrons. The molecule has 0 fully saturated rings. The highest BCUT2D eigenvalue weighted by Gasteiger charge is 2.29. The number of ether oxygens (including phenoxy) is 1. The maximum absolute atomic E-state index is 5.81. The van der Waals surface area contributed by atoms with Gasteiger partial charge in [0.15, 0.2) is 0 Å². The van der Waals surface area contributed by atoms with Gasteiger partial charge in [-0.1, -0.05) is 42.5 Å². The van der Waals surface area contributed by atoms with Gasteiger partial charge in [-0.15, -0.1) is 0 Å². The van der Waals surface area contributed by atoms with Gasteiger partial charge in [0.25, 0.3) is 0 Å². The number of fused-ring (bicyclic) bond motifs is 2. The van der Waals surface area contributed by atoms with E-state index in [-0.39, 0.29) is 0 Å². The van der Waals surface area contributed by atoms with Crippen molar-refractivity contribution in [1.29, 1.82) is 0 Å². The molecule has 0 spiro atoms. The van der Waals surface area contributed by atoms with Gasteiger partial charge in [-0.3, -0.25) is 0 Å². The van der Waals surface area contributed by atoms with Gasteiger partial charge in [0.05, 0.1) is 6.61 Å². The smallest absolute Gasteiger partial charge is 0.122 e. The molecule has 2 atom stereocenters. The number of benzene rings is 2. The average Bonchev–Trinajstić information content (AvgIpc) is 2.91. The van der Waals surface area contributed by atoms with E-state index in [0.717, 1.165) is 31.7 Å². The minimum atomic E-state index is 0.458. The SMILES string of the molecule is c1ccc2c(c1)CCNC2CC1COc2ccccc21. The van der Waals surface area contributed by atoms with Crippen LogP contribution in [0.25, 0.3) is 0 Å². The van der Waals surface area contributed by atoms with E-state index in [1.165, 1.54) is 16.7 Å². The second-order valence-electron chi connectivity index (χ2n) is 5.74. The van der Waals surface area contributed by atoms with Gasteiger partial charge in [0, 0.05) is 17.5 Å². The molecule has 20 heavy (non-hydrogen) atoms. The molecule has 0 saturated heterocycles. The van der Waals surface area contributed by atoms with Crippen LogP contribution in [0, 0.1) is 0 Å². The van der Waals surface area contributed by atoms with E-state index in [1.54, 1.807) is 0 Å². The van der Waals surface area contributed by atoms with Crippen molar-refractivity contribution in [2.45, 2.75) is 24.8 Å². The Morgan fingerprint density at radius 1 is 1.00 bits per heavy atom. The van der Waals surface area contributed by atoms with Crippen LogP contribution in [0.5, 0.6) is 5.75 Å². The van der Waals surface area contributed by atoms with Crippen molar-refractivity contribution in [3.05, 3.63) is 65.2 Å². The number of para-hydroxylation sites is 1. The van der Waals surface area contributed by atoms with Crippen LogP contribution in [0.1, 0.15) is 35.1 Å². The number of hydrogen-bond donors (Lipinski definition) is 1. The first-order chi connectivity index (χ1) is 9.92. The van der Waals surface area contributed by atoms with E-state index in [4.69, 9.17) is 4.74 Å². The van der Waals surface area contributed by atoms with Crippen LogP contribution in [-0.4, -0.2) is 13.2 Å². The molecule has 2 nitrogen and oxygen atoms in total. The monoisotopic (exact) mass is 265 g/mol. The molecular weight excluding hydrogens is 246 g/mol. The molecule has 2 aliphatic heterocycles. The Labute approximate surface area is 119 Å². The normalized spacial score (nSPS) is 23.8. The molecule has 0 amide bonds. The zero-order valence-corrected chi connectivity index (χ0v) is 11.5. The maximum atomic E-state index is 5.81. The largest absolute Gasteiger partial charge is 0.493 e. The molecular formula is C18H19NO. The highest BCUT2D eigenvalue weighted by molar-refractivity contribution is 5.40. The number of hydrogen-bond acceptors (Lipinski definition) is 2. The summed E-state index contributed by atoms with van der Waals surface area (Å²) < 4.78 is 5.81. The minimum absolute atomic E-state index is 0.458. The van der Waals surface area contributed by atoms with Gasteiger partial charge in [-0.2, -0.15) is 0 Å². The van der Waals surface area contributed by atoms with E-state index < -0.39 is 0 Å². The zero-order chi connectivity index (χ0) is 13.4. The summed E-state index contributed by atoms with van der Waals surface area (Å²) in [6, 6.07) is 17.8. The van der Waals surface area contributed by atoms with Crippen molar-refractivity contribution in [1.82, 2.24) is 5.32 Å². The standard InChI is InChI=1S/C18H19NO/c1-2-6-15-13(5-1)9-10-19-17(15)11-14-12-20-18-8-4-3-7-16(14)18/h1-8,14,17,19H,9-12H2. The molecule has 0 aromatic heterocycles. The topological polar surface area (TPSA) is 21.3 Å². The fourth-order valence-electron chi connectivity index (χ4n) is 3.51. The van der Waals surface area contributed by atoms with Gasteiger partial charge in [-0.25, -0.2) is 0 Å². The van der Waals surface area contributed by atoms with E-state index in [0.29, 0.717) is 12.0 Å². The predicted octanol–water partition coefficient (Wildman–Crippen LogP) is 3.44. The molecule has 0 bridgehead atoms. The summed E-state index contributed by atoms with van der Waals surface area (Å²) in [5.41, 5.74) is 4.35. The molecule has 2 heteroatoms. The van der Waals surface area contributed by atoms with Crippen LogP contribution in [0.4, 0.5) is 0 Å². The Balaban J connectivity index is 1.59. The Bertz CT molecular complexity index is 622. The summed E-state index contributed by atoms with van der Waals surface area (Å²) in [6.45, 7) is 1.90.